The normalized spacial score (nSPS) is 28.0. The van der Waals surface area contributed by atoms with Crippen LogP contribution in [-0.4, -0.2) is 34.5 Å². The SMILES string of the molecule is C=CCN1C(=O)[C@H](C(=O)NC(C)(C)C)[C@@H]2C[C@@]1(C)Oc1ccccc12. The molecular formula is C20H26N2O3. The van der Waals surface area contributed by atoms with Crippen molar-refractivity contribution in [2.45, 2.75) is 51.3 Å². The standard InChI is InChI=1S/C20H26N2O3/c1-6-11-22-18(24)16(17(23)21-19(2,3)4)14-12-20(22,5)25-15-10-8-7-9-13(14)15/h6-10,14,16H,1,11-12H2,2-5H3,(H,21,23)/t14-,16+,20-/m1/s1. The Morgan fingerprint density at radius 1 is 1.44 bits per heavy atom. The van der Waals surface area contributed by atoms with Crippen molar-refractivity contribution in [3.8, 4) is 5.75 Å². The Bertz CT molecular complexity index is 722. The number of benzene rings is 1. The number of amides is 2. The fourth-order valence-corrected chi connectivity index (χ4v) is 3.87. The van der Waals surface area contributed by atoms with Crippen LogP contribution in [0.15, 0.2) is 36.9 Å². The number of fused-ring (bicyclic) bond motifs is 4. The van der Waals surface area contributed by atoms with Crippen LogP contribution in [0.2, 0.25) is 0 Å². The molecule has 1 aromatic carbocycles. The quantitative estimate of drug-likeness (QED) is 0.679. The first-order valence-electron chi connectivity index (χ1n) is 8.68. The van der Waals surface area contributed by atoms with Crippen molar-refractivity contribution in [1.29, 1.82) is 0 Å². The molecule has 5 heteroatoms. The van der Waals surface area contributed by atoms with Crippen LogP contribution in [-0.2, 0) is 9.59 Å². The summed E-state index contributed by atoms with van der Waals surface area (Å²) >= 11 is 0. The zero-order valence-electron chi connectivity index (χ0n) is 15.3. The Labute approximate surface area is 149 Å². The van der Waals surface area contributed by atoms with Gasteiger partial charge in [0.2, 0.25) is 11.8 Å². The molecule has 0 radical (unpaired) electrons. The third kappa shape index (κ3) is 3.03. The van der Waals surface area contributed by atoms with Gasteiger partial charge in [0.1, 0.15) is 11.7 Å². The molecule has 0 aromatic heterocycles. The highest BCUT2D eigenvalue weighted by Crippen LogP contribution is 2.50. The van der Waals surface area contributed by atoms with E-state index < -0.39 is 17.2 Å². The molecule has 2 bridgehead atoms. The van der Waals surface area contributed by atoms with Gasteiger partial charge in [-0.1, -0.05) is 24.3 Å². The number of piperidine rings is 1. The molecule has 0 saturated carbocycles. The number of rotatable bonds is 3. The minimum atomic E-state index is -0.761. The van der Waals surface area contributed by atoms with Gasteiger partial charge in [0.25, 0.3) is 0 Å². The molecule has 1 N–H and O–H groups in total. The monoisotopic (exact) mass is 342 g/mol. The molecule has 2 amide bonds. The molecule has 3 atom stereocenters. The van der Waals surface area contributed by atoms with Gasteiger partial charge in [-0.25, -0.2) is 0 Å². The summed E-state index contributed by atoms with van der Waals surface area (Å²) in [5.74, 6) is -0.621. The highest BCUT2D eigenvalue weighted by molar-refractivity contribution is 6.02. The van der Waals surface area contributed by atoms with Crippen molar-refractivity contribution in [3.63, 3.8) is 0 Å². The zero-order valence-corrected chi connectivity index (χ0v) is 15.3. The minimum absolute atomic E-state index is 0.189. The van der Waals surface area contributed by atoms with Crippen LogP contribution in [0.1, 0.15) is 45.6 Å². The predicted molar refractivity (Wildman–Crippen MR) is 96.1 cm³/mol. The highest BCUT2D eigenvalue weighted by atomic mass is 16.5. The topological polar surface area (TPSA) is 58.6 Å². The summed E-state index contributed by atoms with van der Waals surface area (Å²) in [5.41, 5.74) is -0.227. The number of ether oxygens (including phenoxy) is 1. The van der Waals surface area contributed by atoms with Crippen molar-refractivity contribution < 1.29 is 14.3 Å². The Morgan fingerprint density at radius 2 is 2.12 bits per heavy atom. The van der Waals surface area contributed by atoms with Gasteiger partial charge in [-0.3, -0.25) is 9.59 Å². The summed E-state index contributed by atoms with van der Waals surface area (Å²) < 4.78 is 6.18. The maximum Gasteiger partial charge on any atom is 0.239 e. The molecule has 25 heavy (non-hydrogen) atoms. The van der Waals surface area contributed by atoms with Crippen LogP contribution >= 0.6 is 0 Å². The van der Waals surface area contributed by atoms with Crippen LogP contribution in [0.4, 0.5) is 0 Å². The van der Waals surface area contributed by atoms with E-state index in [2.05, 4.69) is 11.9 Å². The molecule has 3 rings (SSSR count). The largest absolute Gasteiger partial charge is 0.468 e. The summed E-state index contributed by atoms with van der Waals surface area (Å²) in [6.45, 7) is 11.8. The molecule has 134 valence electrons. The van der Waals surface area contributed by atoms with E-state index >= 15 is 0 Å². The van der Waals surface area contributed by atoms with E-state index in [0.29, 0.717) is 13.0 Å². The molecule has 1 fully saturated rings. The maximum absolute atomic E-state index is 13.2. The molecule has 5 nitrogen and oxygen atoms in total. The van der Waals surface area contributed by atoms with Gasteiger partial charge in [-0.05, 0) is 39.3 Å². The number of nitrogens with zero attached hydrogens (tertiary/aromatic N) is 1. The van der Waals surface area contributed by atoms with Crippen LogP contribution in [0.3, 0.4) is 0 Å². The van der Waals surface area contributed by atoms with E-state index in [1.165, 1.54) is 0 Å². The Hall–Kier alpha value is -2.30. The number of carbonyl (C=O) groups excluding carboxylic acids is 2. The Balaban J connectivity index is 2.07. The lowest BCUT2D eigenvalue weighted by molar-refractivity contribution is -0.174. The smallest absolute Gasteiger partial charge is 0.239 e. The minimum Gasteiger partial charge on any atom is -0.468 e. The average Bonchev–Trinajstić information content (AvgIpc) is 2.49. The predicted octanol–water partition coefficient (Wildman–Crippen LogP) is 2.83. The number of nitrogens with one attached hydrogen (secondary N) is 1. The van der Waals surface area contributed by atoms with Crippen LogP contribution in [0.25, 0.3) is 0 Å². The lowest BCUT2D eigenvalue weighted by atomic mass is 9.73. The fourth-order valence-electron chi connectivity index (χ4n) is 3.87. The molecule has 0 spiro atoms. The van der Waals surface area contributed by atoms with Gasteiger partial charge < -0.3 is 15.0 Å². The summed E-state index contributed by atoms with van der Waals surface area (Å²) in [6.07, 6.45) is 2.26. The number of hydrogen-bond acceptors (Lipinski definition) is 3. The van der Waals surface area contributed by atoms with Gasteiger partial charge in [-0.2, -0.15) is 0 Å². The Kier molecular flexibility index (Phi) is 4.13. The molecular weight excluding hydrogens is 316 g/mol. The van der Waals surface area contributed by atoms with Crippen molar-refractivity contribution in [2.24, 2.45) is 5.92 Å². The van der Waals surface area contributed by atoms with E-state index in [0.717, 1.165) is 11.3 Å². The first-order valence-corrected chi connectivity index (χ1v) is 8.68. The lowest BCUT2D eigenvalue weighted by Crippen LogP contribution is -2.65. The first-order chi connectivity index (χ1) is 11.7. The summed E-state index contributed by atoms with van der Waals surface area (Å²) in [4.78, 5) is 27.8. The van der Waals surface area contributed by atoms with Crippen molar-refractivity contribution >= 4 is 11.8 Å². The number of likely N-dealkylation sites (tertiary alicyclic amines) is 1. The molecule has 0 unspecified atom stereocenters. The van der Waals surface area contributed by atoms with Crippen molar-refractivity contribution in [1.82, 2.24) is 10.2 Å². The first kappa shape index (κ1) is 17.5. The number of para-hydroxylation sites is 1. The van der Waals surface area contributed by atoms with Gasteiger partial charge in [0.05, 0.1) is 0 Å². The van der Waals surface area contributed by atoms with E-state index in [9.17, 15) is 9.59 Å². The van der Waals surface area contributed by atoms with Gasteiger partial charge in [0.15, 0.2) is 5.72 Å². The second-order valence-electron chi connectivity index (χ2n) is 8.08. The maximum atomic E-state index is 13.2. The van der Waals surface area contributed by atoms with Crippen LogP contribution in [0.5, 0.6) is 5.75 Å². The molecule has 2 heterocycles. The lowest BCUT2D eigenvalue weighted by Gasteiger charge is -2.52. The van der Waals surface area contributed by atoms with E-state index in [1.54, 1.807) is 11.0 Å². The zero-order chi connectivity index (χ0) is 18.4. The molecule has 2 aliphatic heterocycles. The van der Waals surface area contributed by atoms with Crippen LogP contribution < -0.4 is 10.1 Å². The van der Waals surface area contributed by atoms with Crippen molar-refractivity contribution in [3.05, 3.63) is 42.5 Å². The van der Waals surface area contributed by atoms with E-state index in [4.69, 9.17) is 4.74 Å². The number of hydrogen-bond donors (Lipinski definition) is 1. The second-order valence-corrected chi connectivity index (χ2v) is 8.08. The van der Waals surface area contributed by atoms with E-state index in [1.807, 2.05) is 52.0 Å². The van der Waals surface area contributed by atoms with Crippen molar-refractivity contribution in [2.75, 3.05) is 6.54 Å². The molecule has 1 aromatic rings. The second kappa shape index (κ2) is 5.90. The van der Waals surface area contributed by atoms with Crippen LogP contribution in [0, 0.1) is 5.92 Å². The summed E-state index contributed by atoms with van der Waals surface area (Å²) in [7, 11) is 0. The summed E-state index contributed by atoms with van der Waals surface area (Å²) in [5, 5.41) is 2.98. The van der Waals surface area contributed by atoms with E-state index in [-0.39, 0.29) is 17.7 Å². The fraction of sp³-hybridized carbons (Fsp3) is 0.500. The number of carbonyl (C=O) groups is 2. The Morgan fingerprint density at radius 3 is 2.76 bits per heavy atom. The third-order valence-corrected chi connectivity index (χ3v) is 4.84. The third-order valence-electron chi connectivity index (χ3n) is 4.84. The van der Waals surface area contributed by atoms with Gasteiger partial charge >= 0.3 is 0 Å². The van der Waals surface area contributed by atoms with Gasteiger partial charge in [0, 0.05) is 24.4 Å². The average molecular weight is 342 g/mol. The van der Waals surface area contributed by atoms with Gasteiger partial charge in [-0.15, -0.1) is 6.58 Å². The molecule has 0 aliphatic carbocycles. The highest BCUT2D eigenvalue weighted by Gasteiger charge is 2.55. The molecule has 2 aliphatic rings. The summed E-state index contributed by atoms with van der Waals surface area (Å²) in [6, 6.07) is 7.69. The molecule has 1 saturated heterocycles.